The Morgan fingerprint density at radius 1 is 0.917 bits per heavy atom. The number of hydrogen-bond acceptors (Lipinski definition) is 5. The second-order valence-electron chi connectivity index (χ2n) is 9.41. The van der Waals surface area contributed by atoms with Gasteiger partial charge in [-0.15, -0.1) is 0 Å². The molecule has 194 valence electrons. The first-order chi connectivity index (χ1) is 17.3. The number of carbonyl (C=O) groups excluding carboxylic acids is 2. The number of carbonyl (C=O) groups is 2. The number of halogens is 2. The van der Waals surface area contributed by atoms with Gasteiger partial charge in [-0.05, 0) is 74.2 Å². The van der Waals surface area contributed by atoms with Crippen molar-refractivity contribution >= 4 is 35.0 Å². The fourth-order valence-electron chi connectivity index (χ4n) is 4.52. The molecule has 9 heteroatoms. The molecule has 0 N–H and O–H groups in total. The molecule has 0 radical (unpaired) electrons. The highest BCUT2D eigenvalue weighted by molar-refractivity contribution is 6.31. The summed E-state index contributed by atoms with van der Waals surface area (Å²) in [6, 6.07) is 12.3. The summed E-state index contributed by atoms with van der Waals surface area (Å²) in [7, 11) is 0. The Bertz CT molecular complexity index is 1060. The number of morpholine rings is 1. The molecule has 0 spiro atoms. The molecule has 0 unspecified atom stereocenters. The topological polar surface area (TPSA) is 68.3 Å². The third-order valence-corrected chi connectivity index (χ3v) is 7.27. The highest BCUT2D eigenvalue weighted by atomic mass is 35.5. The molecule has 2 aromatic rings. The lowest BCUT2D eigenvalue weighted by atomic mass is 9.96. The second kappa shape index (κ2) is 12.2. The molecule has 4 rings (SSSR count). The second-order valence-corrected chi connectivity index (χ2v) is 10.3. The number of ether oxygens (including phenoxy) is 3. The fourth-order valence-corrected chi connectivity index (χ4v) is 4.77. The van der Waals surface area contributed by atoms with Gasteiger partial charge in [0.15, 0.2) is 6.61 Å². The normalized spacial score (nSPS) is 20.2. The van der Waals surface area contributed by atoms with E-state index in [1.54, 1.807) is 41.3 Å². The number of benzene rings is 2. The van der Waals surface area contributed by atoms with Crippen LogP contribution in [-0.4, -0.2) is 73.2 Å². The van der Waals surface area contributed by atoms with Crippen molar-refractivity contribution in [2.45, 2.75) is 38.2 Å². The molecule has 2 aliphatic heterocycles. The van der Waals surface area contributed by atoms with Crippen molar-refractivity contribution in [2.75, 3.05) is 46.0 Å². The van der Waals surface area contributed by atoms with Gasteiger partial charge in [0.2, 0.25) is 5.91 Å². The summed E-state index contributed by atoms with van der Waals surface area (Å²) in [5.41, 5.74) is -0.0655. The number of piperidine rings is 1. The van der Waals surface area contributed by atoms with E-state index < -0.39 is 5.60 Å². The smallest absolute Gasteiger partial charge is 0.260 e. The van der Waals surface area contributed by atoms with Gasteiger partial charge in [-0.25, -0.2) is 0 Å². The molecule has 0 saturated carbocycles. The zero-order chi connectivity index (χ0) is 25.5. The third kappa shape index (κ3) is 7.05. The molecule has 0 aromatic heterocycles. The van der Waals surface area contributed by atoms with Gasteiger partial charge in [0.25, 0.3) is 5.91 Å². The van der Waals surface area contributed by atoms with Crippen molar-refractivity contribution in [2.24, 2.45) is 0 Å². The summed E-state index contributed by atoms with van der Waals surface area (Å²) in [4.78, 5) is 29.9. The molecular formula is C27H32Cl2N2O5. The third-order valence-electron chi connectivity index (χ3n) is 6.59. The Hall–Kier alpha value is -2.48. The van der Waals surface area contributed by atoms with Crippen LogP contribution in [0.3, 0.4) is 0 Å². The predicted octanol–water partition coefficient (Wildman–Crippen LogP) is 4.76. The van der Waals surface area contributed by atoms with Crippen molar-refractivity contribution in [1.29, 1.82) is 0 Å². The quantitative estimate of drug-likeness (QED) is 0.488. The summed E-state index contributed by atoms with van der Waals surface area (Å²) in [5.74, 6) is 1.05. The van der Waals surface area contributed by atoms with Crippen LogP contribution in [0.5, 0.6) is 11.5 Å². The van der Waals surface area contributed by atoms with Gasteiger partial charge < -0.3 is 24.0 Å². The maximum Gasteiger partial charge on any atom is 0.260 e. The van der Waals surface area contributed by atoms with Crippen molar-refractivity contribution < 1.29 is 23.8 Å². The molecule has 2 saturated heterocycles. The first kappa shape index (κ1) is 26.6. The molecular weight excluding hydrogens is 503 g/mol. The molecule has 2 aromatic carbocycles. The van der Waals surface area contributed by atoms with E-state index in [0.717, 1.165) is 37.9 Å². The lowest BCUT2D eigenvalue weighted by Crippen LogP contribution is -2.59. The summed E-state index contributed by atoms with van der Waals surface area (Å²) in [6.45, 7) is 4.40. The van der Waals surface area contributed by atoms with E-state index >= 15 is 0 Å². The SMILES string of the molecule is Cc1cc(OC[C@]2(CC(=O)N3CCCCC3)CN(C(=O)COc3ccc(Cl)cc3)CCO2)ccc1Cl. The minimum Gasteiger partial charge on any atom is -0.490 e. The Labute approximate surface area is 222 Å². The predicted molar refractivity (Wildman–Crippen MR) is 139 cm³/mol. The standard InChI is InChI=1S/C27H32Cl2N2O5/c1-20-15-23(9-10-24(20)29)35-19-27(16-25(32)30-11-3-2-4-12-30)18-31(13-14-36-27)26(33)17-34-22-7-5-21(28)6-8-22/h5-10,15H,2-4,11-14,16-19H2,1H3/t27-/m0/s1. The molecule has 0 aliphatic carbocycles. The highest BCUT2D eigenvalue weighted by Crippen LogP contribution is 2.28. The fraction of sp³-hybridized carbons (Fsp3) is 0.481. The van der Waals surface area contributed by atoms with E-state index in [1.807, 2.05) is 17.9 Å². The summed E-state index contributed by atoms with van der Waals surface area (Å²) in [6.07, 6.45) is 3.29. The van der Waals surface area contributed by atoms with Crippen molar-refractivity contribution in [3.05, 3.63) is 58.1 Å². The Kier molecular flexibility index (Phi) is 8.99. The minimum atomic E-state index is -0.962. The first-order valence-electron chi connectivity index (χ1n) is 12.3. The Morgan fingerprint density at radius 2 is 1.64 bits per heavy atom. The molecule has 2 heterocycles. The van der Waals surface area contributed by atoms with E-state index in [-0.39, 0.29) is 38.0 Å². The average molecular weight is 535 g/mol. The van der Waals surface area contributed by atoms with Crippen LogP contribution in [-0.2, 0) is 14.3 Å². The van der Waals surface area contributed by atoms with Gasteiger partial charge in [-0.1, -0.05) is 23.2 Å². The molecule has 0 bridgehead atoms. The number of rotatable bonds is 8. The summed E-state index contributed by atoms with van der Waals surface area (Å²) in [5, 5.41) is 1.25. The maximum absolute atomic E-state index is 13.2. The van der Waals surface area contributed by atoms with Crippen molar-refractivity contribution in [3.63, 3.8) is 0 Å². The van der Waals surface area contributed by atoms with Crippen LogP contribution >= 0.6 is 23.2 Å². The van der Waals surface area contributed by atoms with Crippen LogP contribution in [0.15, 0.2) is 42.5 Å². The van der Waals surface area contributed by atoms with Crippen molar-refractivity contribution in [1.82, 2.24) is 9.80 Å². The van der Waals surface area contributed by atoms with Gasteiger partial charge in [0.05, 0.1) is 19.6 Å². The lowest BCUT2D eigenvalue weighted by molar-refractivity contribution is -0.167. The number of hydrogen-bond donors (Lipinski definition) is 0. The molecule has 36 heavy (non-hydrogen) atoms. The van der Waals surface area contributed by atoms with Gasteiger partial charge in [-0.3, -0.25) is 9.59 Å². The van der Waals surface area contributed by atoms with E-state index in [9.17, 15) is 9.59 Å². The van der Waals surface area contributed by atoms with Crippen molar-refractivity contribution in [3.8, 4) is 11.5 Å². The first-order valence-corrected chi connectivity index (χ1v) is 13.1. The molecule has 2 fully saturated rings. The Balaban J connectivity index is 1.45. The largest absolute Gasteiger partial charge is 0.490 e. The average Bonchev–Trinajstić information content (AvgIpc) is 2.89. The molecule has 7 nitrogen and oxygen atoms in total. The summed E-state index contributed by atoms with van der Waals surface area (Å²) >= 11 is 12.1. The number of nitrogens with zero attached hydrogens (tertiary/aromatic N) is 2. The van der Waals surface area contributed by atoms with Crippen LogP contribution in [0.25, 0.3) is 0 Å². The van der Waals surface area contributed by atoms with Crippen LogP contribution in [0.1, 0.15) is 31.2 Å². The number of aryl methyl sites for hydroxylation is 1. The lowest BCUT2D eigenvalue weighted by Gasteiger charge is -2.43. The van der Waals surface area contributed by atoms with Crippen LogP contribution in [0, 0.1) is 6.92 Å². The zero-order valence-electron chi connectivity index (χ0n) is 20.5. The highest BCUT2D eigenvalue weighted by Gasteiger charge is 2.42. The van der Waals surface area contributed by atoms with Crippen LogP contribution in [0.2, 0.25) is 10.0 Å². The monoisotopic (exact) mass is 534 g/mol. The van der Waals surface area contributed by atoms with E-state index in [1.165, 1.54) is 0 Å². The Morgan fingerprint density at radius 3 is 2.36 bits per heavy atom. The molecule has 1 atom stereocenters. The van der Waals surface area contributed by atoms with E-state index in [2.05, 4.69) is 0 Å². The van der Waals surface area contributed by atoms with Gasteiger partial charge in [-0.2, -0.15) is 0 Å². The maximum atomic E-state index is 13.2. The molecule has 2 amide bonds. The minimum absolute atomic E-state index is 0.0253. The number of amides is 2. The van der Waals surface area contributed by atoms with Crippen LogP contribution in [0.4, 0.5) is 0 Å². The van der Waals surface area contributed by atoms with Gasteiger partial charge >= 0.3 is 0 Å². The van der Waals surface area contributed by atoms with Gasteiger partial charge in [0, 0.05) is 29.7 Å². The molecule has 2 aliphatic rings. The van der Waals surface area contributed by atoms with E-state index in [0.29, 0.717) is 34.7 Å². The van der Waals surface area contributed by atoms with Gasteiger partial charge in [0.1, 0.15) is 23.7 Å². The number of likely N-dealkylation sites (tertiary alicyclic amines) is 1. The zero-order valence-corrected chi connectivity index (χ0v) is 22.0. The summed E-state index contributed by atoms with van der Waals surface area (Å²) < 4.78 is 18.0. The van der Waals surface area contributed by atoms with Crippen LogP contribution < -0.4 is 9.47 Å². The van der Waals surface area contributed by atoms with E-state index in [4.69, 9.17) is 37.4 Å².